The van der Waals surface area contributed by atoms with E-state index in [1.807, 2.05) is 29.2 Å². The maximum atomic E-state index is 12.3. The quantitative estimate of drug-likeness (QED) is 0.184. The summed E-state index contributed by atoms with van der Waals surface area (Å²) >= 11 is 0. The van der Waals surface area contributed by atoms with Gasteiger partial charge in [0.05, 0.1) is 25.0 Å². The number of aliphatic hydroxyl groups excluding tert-OH is 2. The summed E-state index contributed by atoms with van der Waals surface area (Å²) in [4.78, 5) is 28.1. The summed E-state index contributed by atoms with van der Waals surface area (Å²) in [5.41, 5.74) is 8.06. The van der Waals surface area contributed by atoms with Crippen LogP contribution in [0, 0.1) is 0 Å². The number of nitrogens with two attached hydrogens (primary N) is 1. The van der Waals surface area contributed by atoms with E-state index in [1.165, 1.54) is 12.5 Å². The molecule has 3 fully saturated rings. The second kappa shape index (κ2) is 12.4. The van der Waals surface area contributed by atoms with Gasteiger partial charge in [0, 0.05) is 38.9 Å². The van der Waals surface area contributed by atoms with Gasteiger partial charge in [-0.1, -0.05) is 32.9 Å². The highest BCUT2D eigenvalue weighted by Gasteiger charge is 2.51. The standard InChI is InChI=1S/C26H44N8O5/c1-15(35)33(11-5-10-28-25(38)32-17-8-6-16(7-9-17)26(2,3)4)12-18-20(36)21(37)24(39-18)34-14-31-19-22(27)29-13-30-23(19)34/h6-9,18-24,29-31,36-37H,5,10-14,27H2,1-4H3,(H2,28,32,38)/t18-,19?,20-,21-,22?,23?,24-/m1/s1. The molecule has 3 saturated heterocycles. The van der Waals surface area contributed by atoms with Crippen LogP contribution in [-0.4, -0.2) is 108 Å². The Hall–Kier alpha value is -2.36. The van der Waals surface area contributed by atoms with Crippen molar-refractivity contribution in [1.82, 2.24) is 31.1 Å². The third-order valence-corrected chi connectivity index (χ3v) is 7.65. The van der Waals surface area contributed by atoms with E-state index in [9.17, 15) is 19.8 Å². The van der Waals surface area contributed by atoms with Gasteiger partial charge in [-0.05, 0) is 29.5 Å². The molecule has 0 aliphatic carbocycles. The summed E-state index contributed by atoms with van der Waals surface area (Å²) in [6.45, 7) is 9.65. The van der Waals surface area contributed by atoms with Gasteiger partial charge in [0.15, 0.2) is 0 Å². The topological polar surface area (TPSA) is 176 Å². The van der Waals surface area contributed by atoms with E-state index in [0.717, 1.165) is 0 Å². The molecule has 3 heterocycles. The lowest BCUT2D eigenvalue weighted by molar-refractivity contribution is -0.134. The number of urea groups is 1. The van der Waals surface area contributed by atoms with Gasteiger partial charge in [-0.2, -0.15) is 0 Å². The molecule has 13 heteroatoms. The Balaban J connectivity index is 1.23. The number of carbonyl (C=O) groups is 2. The Labute approximate surface area is 229 Å². The molecule has 0 radical (unpaired) electrons. The number of ether oxygens (including phenoxy) is 1. The van der Waals surface area contributed by atoms with Crippen molar-refractivity contribution in [1.29, 1.82) is 0 Å². The van der Waals surface area contributed by atoms with Crippen LogP contribution in [-0.2, 0) is 14.9 Å². The van der Waals surface area contributed by atoms with E-state index in [4.69, 9.17) is 10.5 Å². The fourth-order valence-corrected chi connectivity index (χ4v) is 5.30. The van der Waals surface area contributed by atoms with E-state index in [-0.39, 0.29) is 42.3 Å². The molecular formula is C26H44N8O5. The smallest absolute Gasteiger partial charge is 0.319 e. The van der Waals surface area contributed by atoms with Crippen molar-refractivity contribution in [2.75, 3.05) is 38.3 Å². The molecule has 3 unspecified atom stereocenters. The molecule has 0 bridgehead atoms. The number of anilines is 1. The Morgan fingerprint density at radius 3 is 2.54 bits per heavy atom. The third-order valence-electron chi connectivity index (χ3n) is 7.65. The lowest BCUT2D eigenvalue weighted by Gasteiger charge is -2.38. The normalized spacial score (nSPS) is 31.1. The van der Waals surface area contributed by atoms with E-state index < -0.39 is 24.5 Å². The molecule has 0 spiro atoms. The summed E-state index contributed by atoms with van der Waals surface area (Å²) in [6.07, 6.45) is -3.69. The van der Waals surface area contributed by atoms with Crippen molar-refractivity contribution < 1.29 is 24.5 Å². The fourth-order valence-electron chi connectivity index (χ4n) is 5.30. The van der Waals surface area contributed by atoms with Gasteiger partial charge in [0.2, 0.25) is 5.91 Å². The summed E-state index contributed by atoms with van der Waals surface area (Å²) in [6, 6.07) is 7.35. The number of rotatable bonds is 8. The first kappa shape index (κ1) is 29.6. The third kappa shape index (κ3) is 7.05. The summed E-state index contributed by atoms with van der Waals surface area (Å²) < 4.78 is 6.09. The zero-order chi connectivity index (χ0) is 28.3. The Morgan fingerprint density at radius 2 is 1.87 bits per heavy atom. The summed E-state index contributed by atoms with van der Waals surface area (Å²) in [7, 11) is 0. The minimum Gasteiger partial charge on any atom is -0.387 e. The van der Waals surface area contributed by atoms with E-state index in [0.29, 0.717) is 38.5 Å². The van der Waals surface area contributed by atoms with Crippen molar-refractivity contribution in [3.05, 3.63) is 29.8 Å². The fraction of sp³-hybridized carbons (Fsp3) is 0.692. The van der Waals surface area contributed by atoms with Gasteiger partial charge in [-0.3, -0.25) is 20.7 Å². The molecule has 3 aliphatic heterocycles. The van der Waals surface area contributed by atoms with Gasteiger partial charge in [0.25, 0.3) is 0 Å². The second-order valence-electron chi connectivity index (χ2n) is 11.5. The maximum absolute atomic E-state index is 12.3. The van der Waals surface area contributed by atoms with Gasteiger partial charge in [-0.25, -0.2) is 9.69 Å². The van der Waals surface area contributed by atoms with Crippen molar-refractivity contribution in [2.45, 2.75) is 82.4 Å². The molecular weight excluding hydrogens is 504 g/mol. The molecule has 0 saturated carbocycles. The molecule has 4 rings (SSSR count). The van der Waals surface area contributed by atoms with E-state index in [1.54, 1.807) is 4.90 Å². The Kier molecular flexibility index (Phi) is 9.45. The molecule has 7 atom stereocenters. The Bertz CT molecular complexity index is 990. The number of hydrogen-bond donors (Lipinski definition) is 8. The lowest BCUT2D eigenvalue weighted by atomic mass is 9.87. The first-order valence-corrected chi connectivity index (χ1v) is 13.6. The average molecular weight is 549 g/mol. The largest absolute Gasteiger partial charge is 0.387 e. The predicted molar refractivity (Wildman–Crippen MR) is 146 cm³/mol. The molecule has 13 nitrogen and oxygen atoms in total. The van der Waals surface area contributed by atoms with Gasteiger partial charge in [0.1, 0.15) is 24.5 Å². The molecule has 0 aromatic heterocycles. The highest BCUT2D eigenvalue weighted by atomic mass is 16.6. The second-order valence-corrected chi connectivity index (χ2v) is 11.5. The molecule has 1 aromatic rings. The summed E-state index contributed by atoms with van der Waals surface area (Å²) in [5.74, 6) is -0.180. The summed E-state index contributed by atoms with van der Waals surface area (Å²) in [5, 5.41) is 36.9. The first-order valence-electron chi connectivity index (χ1n) is 13.6. The number of fused-ring (bicyclic) bond motifs is 1. The molecule has 3 amide bonds. The van der Waals surface area contributed by atoms with Crippen LogP contribution in [0.4, 0.5) is 10.5 Å². The highest BCUT2D eigenvalue weighted by molar-refractivity contribution is 5.89. The predicted octanol–water partition coefficient (Wildman–Crippen LogP) is -1.22. The van der Waals surface area contributed by atoms with Crippen LogP contribution in [0.15, 0.2) is 24.3 Å². The van der Waals surface area contributed by atoms with Crippen molar-refractivity contribution in [3.8, 4) is 0 Å². The maximum Gasteiger partial charge on any atom is 0.319 e. The molecule has 3 aliphatic rings. The van der Waals surface area contributed by atoms with Crippen molar-refractivity contribution in [3.63, 3.8) is 0 Å². The van der Waals surface area contributed by atoms with Crippen LogP contribution in [0.2, 0.25) is 0 Å². The first-order chi connectivity index (χ1) is 18.5. The number of nitrogens with one attached hydrogen (secondary N) is 5. The van der Waals surface area contributed by atoms with E-state index >= 15 is 0 Å². The van der Waals surface area contributed by atoms with Gasteiger partial charge >= 0.3 is 6.03 Å². The number of carbonyl (C=O) groups excluding carboxylic acids is 2. The minimum atomic E-state index is -1.15. The number of hydrogen-bond acceptors (Lipinski definition) is 10. The SMILES string of the molecule is CC(=O)N(CCCNC(=O)Nc1ccc(C(C)(C)C)cc1)C[C@H]1O[C@@H](N2CNC3C(N)NCNC32)[C@H](O)[C@@H]1O. The van der Waals surface area contributed by atoms with Crippen LogP contribution in [0.25, 0.3) is 0 Å². The van der Waals surface area contributed by atoms with Crippen LogP contribution >= 0.6 is 0 Å². The number of aliphatic hydroxyl groups is 2. The monoisotopic (exact) mass is 548 g/mol. The minimum absolute atomic E-state index is 0.0366. The van der Waals surface area contributed by atoms with Gasteiger partial charge in [-0.15, -0.1) is 0 Å². The number of benzene rings is 1. The number of amides is 3. The molecule has 9 N–H and O–H groups in total. The average Bonchev–Trinajstić information content (AvgIpc) is 3.42. The van der Waals surface area contributed by atoms with Crippen LogP contribution in [0.5, 0.6) is 0 Å². The zero-order valence-corrected chi connectivity index (χ0v) is 23.2. The lowest BCUT2D eigenvalue weighted by Crippen LogP contribution is -2.68. The molecule has 218 valence electrons. The number of nitrogens with zero attached hydrogens (tertiary/aromatic N) is 2. The molecule has 39 heavy (non-hydrogen) atoms. The van der Waals surface area contributed by atoms with Gasteiger partial charge < -0.3 is 36.2 Å². The van der Waals surface area contributed by atoms with E-state index in [2.05, 4.69) is 47.4 Å². The highest BCUT2D eigenvalue weighted by Crippen LogP contribution is 2.29. The van der Waals surface area contributed by atoms with Crippen LogP contribution < -0.4 is 32.3 Å². The Morgan fingerprint density at radius 1 is 1.15 bits per heavy atom. The van der Waals surface area contributed by atoms with Crippen LogP contribution in [0.3, 0.4) is 0 Å². The van der Waals surface area contributed by atoms with Crippen LogP contribution in [0.1, 0.15) is 39.7 Å². The molecule has 1 aromatic carbocycles. The van der Waals surface area contributed by atoms with Crippen molar-refractivity contribution >= 4 is 17.6 Å². The zero-order valence-electron chi connectivity index (χ0n) is 23.2. The van der Waals surface area contributed by atoms with Crippen molar-refractivity contribution in [2.24, 2.45) is 5.73 Å².